The minimum absolute atomic E-state index is 0.417. The highest BCUT2D eigenvalue weighted by molar-refractivity contribution is 9.10. The lowest BCUT2D eigenvalue weighted by Gasteiger charge is -2.07. The molecule has 0 saturated heterocycles. The zero-order valence-corrected chi connectivity index (χ0v) is 12.7. The van der Waals surface area contributed by atoms with Crippen molar-refractivity contribution < 1.29 is 4.74 Å². The fraction of sp³-hybridized carbons (Fsp3) is 0.231. The molecule has 1 N–H and O–H groups in total. The number of ether oxygens (including phenoxy) is 1. The van der Waals surface area contributed by atoms with Crippen molar-refractivity contribution in [3.05, 3.63) is 45.5 Å². The minimum atomic E-state index is 0.417. The summed E-state index contributed by atoms with van der Waals surface area (Å²) in [6.45, 7) is 3.63. The van der Waals surface area contributed by atoms with Gasteiger partial charge < -0.3 is 10.1 Å². The van der Waals surface area contributed by atoms with E-state index < -0.39 is 0 Å². The fourth-order valence-corrected chi connectivity index (χ4v) is 1.91. The summed E-state index contributed by atoms with van der Waals surface area (Å²) in [5.41, 5.74) is 0.870. The van der Waals surface area contributed by atoms with Gasteiger partial charge in [0, 0.05) is 17.1 Å². The van der Waals surface area contributed by atoms with E-state index in [0.717, 1.165) is 16.7 Å². The van der Waals surface area contributed by atoms with Crippen LogP contribution in [0.25, 0.3) is 0 Å². The molecule has 0 fully saturated rings. The Bertz CT molecular complexity index is 548. The van der Waals surface area contributed by atoms with Crippen LogP contribution >= 0.6 is 27.5 Å². The summed E-state index contributed by atoms with van der Waals surface area (Å²) in [7, 11) is 0. The summed E-state index contributed by atoms with van der Waals surface area (Å²) in [6.07, 6.45) is 0. The number of hydrogen-bond acceptors (Lipinski definition) is 4. The van der Waals surface area contributed by atoms with Gasteiger partial charge in [-0.1, -0.05) is 34.5 Å². The number of benzene rings is 1. The number of hydrogen-bond donors (Lipinski definition) is 1. The van der Waals surface area contributed by atoms with E-state index in [-0.39, 0.29) is 0 Å². The lowest BCUT2D eigenvalue weighted by atomic mass is 10.3. The van der Waals surface area contributed by atoms with E-state index >= 15 is 0 Å². The maximum atomic E-state index is 6.04. The Morgan fingerprint density at radius 3 is 2.79 bits per heavy atom. The van der Waals surface area contributed by atoms with Crippen LogP contribution in [0.2, 0.25) is 5.02 Å². The molecule has 0 aliphatic carbocycles. The summed E-state index contributed by atoms with van der Waals surface area (Å²) in [5, 5.41) is 11.8. The van der Waals surface area contributed by atoms with Gasteiger partial charge in [-0.05, 0) is 30.8 Å². The third-order valence-electron chi connectivity index (χ3n) is 2.36. The van der Waals surface area contributed by atoms with E-state index in [1.807, 2.05) is 19.1 Å². The molecule has 1 aromatic heterocycles. The van der Waals surface area contributed by atoms with Crippen LogP contribution in [0.3, 0.4) is 0 Å². The highest BCUT2D eigenvalue weighted by Gasteiger charge is 2.05. The summed E-state index contributed by atoms with van der Waals surface area (Å²) in [6, 6.07) is 9.04. The normalized spacial score (nSPS) is 10.5. The number of nitrogens with one attached hydrogen (secondary N) is 1. The van der Waals surface area contributed by atoms with Crippen molar-refractivity contribution in [1.29, 1.82) is 0 Å². The molecule has 0 atom stereocenters. The topological polar surface area (TPSA) is 47.0 Å². The van der Waals surface area contributed by atoms with Crippen molar-refractivity contribution in [3.8, 4) is 11.6 Å². The monoisotopic (exact) mass is 341 g/mol. The van der Waals surface area contributed by atoms with Crippen molar-refractivity contribution in [2.45, 2.75) is 13.5 Å². The Morgan fingerprint density at radius 1 is 1.26 bits per heavy atom. The second-order valence-electron chi connectivity index (χ2n) is 3.82. The van der Waals surface area contributed by atoms with Crippen LogP contribution in [-0.2, 0) is 6.54 Å². The molecule has 100 valence electrons. The minimum Gasteiger partial charge on any atom is -0.436 e. The van der Waals surface area contributed by atoms with Gasteiger partial charge >= 0.3 is 0 Å². The van der Waals surface area contributed by atoms with Gasteiger partial charge in [-0.2, -0.15) is 5.10 Å². The highest BCUT2D eigenvalue weighted by atomic mass is 79.9. The van der Waals surface area contributed by atoms with Gasteiger partial charge in [-0.15, -0.1) is 5.10 Å². The first-order valence-corrected chi connectivity index (χ1v) is 7.02. The molecule has 0 aliphatic heterocycles. The molecule has 2 rings (SSSR count). The predicted molar refractivity (Wildman–Crippen MR) is 78.6 cm³/mol. The van der Waals surface area contributed by atoms with Gasteiger partial charge in [-0.3, -0.25) is 0 Å². The molecular weight excluding hydrogens is 330 g/mol. The van der Waals surface area contributed by atoms with Crippen molar-refractivity contribution in [2.75, 3.05) is 6.54 Å². The molecule has 0 unspecified atom stereocenters. The molecule has 0 saturated carbocycles. The molecule has 19 heavy (non-hydrogen) atoms. The Morgan fingerprint density at radius 2 is 2.11 bits per heavy atom. The standard InChI is InChI=1S/C13H13BrClN3O/c1-2-16-8-10-4-6-13(18-17-10)19-12-7-9(14)3-5-11(12)15/h3-7,16H,2,8H2,1H3. The summed E-state index contributed by atoms with van der Waals surface area (Å²) in [4.78, 5) is 0. The average Bonchev–Trinajstić information content (AvgIpc) is 2.42. The van der Waals surface area contributed by atoms with E-state index in [4.69, 9.17) is 16.3 Å². The van der Waals surface area contributed by atoms with E-state index in [1.165, 1.54) is 0 Å². The molecule has 1 aromatic carbocycles. The van der Waals surface area contributed by atoms with Gasteiger partial charge in [0.25, 0.3) is 0 Å². The van der Waals surface area contributed by atoms with Crippen LogP contribution in [0.5, 0.6) is 11.6 Å². The first-order valence-electron chi connectivity index (χ1n) is 5.85. The van der Waals surface area contributed by atoms with Crippen LogP contribution < -0.4 is 10.1 Å². The van der Waals surface area contributed by atoms with E-state index in [1.54, 1.807) is 18.2 Å². The first-order chi connectivity index (χ1) is 9.19. The molecule has 0 amide bonds. The molecule has 4 nitrogen and oxygen atoms in total. The van der Waals surface area contributed by atoms with Crippen molar-refractivity contribution in [2.24, 2.45) is 0 Å². The van der Waals surface area contributed by atoms with Gasteiger partial charge in [0.1, 0.15) is 5.75 Å². The molecule has 0 spiro atoms. The SMILES string of the molecule is CCNCc1ccc(Oc2cc(Br)ccc2Cl)nn1. The van der Waals surface area contributed by atoms with Gasteiger partial charge in [0.2, 0.25) is 5.88 Å². The second kappa shape index (κ2) is 6.84. The Balaban J connectivity index is 2.08. The quantitative estimate of drug-likeness (QED) is 0.898. The van der Waals surface area contributed by atoms with Crippen LogP contribution in [0.4, 0.5) is 0 Å². The van der Waals surface area contributed by atoms with Crippen LogP contribution in [0, 0.1) is 0 Å². The second-order valence-corrected chi connectivity index (χ2v) is 5.14. The molecule has 0 bridgehead atoms. The number of aromatic nitrogens is 2. The van der Waals surface area contributed by atoms with Crippen molar-refractivity contribution in [1.82, 2.24) is 15.5 Å². The summed E-state index contributed by atoms with van der Waals surface area (Å²) in [5.74, 6) is 0.963. The van der Waals surface area contributed by atoms with Crippen LogP contribution in [-0.4, -0.2) is 16.7 Å². The van der Waals surface area contributed by atoms with E-state index in [9.17, 15) is 0 Å². The van der Waals surface area contributed by atoms with E-state index in [2.05, 4.69) is 31.4 Å². The molecular formula is C13H13BrClN3O. The summed E-state index contributed by atoms with van der Waals surface area (Å²) >= 11 is 9.41. The Labute approximate surface area is 125 Å². The first kappa shape index (κ1) is 14.2. The zero-order valence-electron chi connectivity index (χ0n) is 10.4. The summed E-state index contributed by atoms with van der Waals surface area (Å²) < 4.78 is 6.49. The third kappa shape index (κ3) is 4.16. The lowest BCUT2D eigenvalue weighted by molar-refractivity contribution is 0.453. The smallest absolute Gasteiger partial charge is 0.238 e. The third-order valence-corrected chi connectivity index (χ3v) is 3.16. The molecule has 2 aromatic rings. The van der Waals surface area contributed by atoms with Crippen LogP contribution in [0.15, 0.2) is 34.8 Å². The molecule has 1 heterocycles. The maximum absolute atomic E-state index is 6.04. The number of nitrogens with zero attached hydrogens (tertiary/aromatic N) is 2. The van der Waals surface area contributed by atoms with Gasteiger partial charge in [0.15, 0.2) is 0 Å². The average molecular weight is 343 g/mol. The molecule has 6 heteroatoms. The lowest BCUT2D eigenvalue weighted by Crippen LogP contribution is -2.13. The van der Waals surface area contributed by atoms with Crippen LogP contribution in [0.1, 0.15) is 12.6 Å². The van der Waals surface area contributed by atoms with Crippen molar-refractivity contribution in [3.63, 3.8) is 0 Å². The maximum Gasteiger partial charge on any atom is 0.238 e. The Hall–Kier alpha value is -1.17. The molecule has 0 aliphatic rings. The fourth-order valence-electron chi connectivity index (χ4n) is 1.42. The largest absolute Gasteiger partial charge is 0.436 e. The Kier molecular flexibility index (Phi) is 5.13. The number of rotatable bonds is 5. The van der Waals surface area contributed by atoms with Gasteiger partial charge in [-0.25, -0.2) is 0 Å². The van der Waals surface area contributed by atoms with Gasteiger partial charge in [0.05, 0.1) is 10.7 Å². The number of halogens is 2. The van der Waals surface area contributed by atoms with E-state index in [0.29, 0.717) is 23.2 Å². The highest BCUT2D eigenvalue weighted by Crippen LogP contribution is 2.30. The van der Waals surface area contributed by atoms with Crippen molar-refractivity contribution >= 4 is 27.5 Å². The molecule has 0 radical (unpaired) electrons. The predicted octanol–water partition coefficient (Wildman–Crippen LogP) is 3.79. The zero-order chi connectivity index (χ0) is 13.7.